The summed E-state index contributed by atoms with van der Waals surface area (Å²) in [6, 6.07) is 0. The Morgan fingerprint density at radius 2 is 1.64 bits per heavy atom. The molecular formula is C11H20O3. The lowest BCUT2D eigenvalue weighted by Crippen LogP contribution is -2.27. The van der Waals surface area contributed by atoms with E-state index in [1.165, 1.54) is 0 Å². The Morgan fingerprint density at radius 1 is 1.14 bits per heavy atom. The second-order valence-electron chi connectivity index (χ2n) is 4.31. The van der Waals surface area contributed by atoms with Gasteiger partial charge in [0.1, 0.15) is 12.4 Å². The van der Waals surface area contributed by atoms with Gasteiger partial charge in [-0.1, -0.05) is 27.7 Å². The third kappa shape index (κ3) is 4.01. The standard InChI is InChI=1S/C11H20O3/c1-7(2)10(5-9(13)6-12)11(14)8(3)4/h7-8,10,12H,5-6H2,1-4H3. The highest BCUT2D eigenvalue weighted by molar-refractivity contribution is 5.89. The van der Waals surface area contributed by atoms with Crippen LogP contribution in [0.15, 0.2) is 0 Å². The molecule has 0 aliphatic rings. The van der Waals surface area contributed by atoms with Crippen LogP contribution in [0.3, 0.4) is 0 Å². The van der Waals surface area contributed by atoms with Crippen LogP contribution >= 0.6 is 0 Å². The molecule has 0 aliphatic carbocycles. The number of aliphatic hydroxyl groups excluding tert-OH is 1. The summed E-state index contributed by atoms with van der Waals surface area (Å²) in [7, 11) is 0. The molecule has 0 rings (SSSR count). The van der Waals surface area contributed by atoms with E-state index < -0.39 is 6.61 Å². The number of ketones is 2. The van der Waals surface area contributed by atoms with Crippen molar-refractivity contribution in [3.63, 3.8) is 0 Å². The zero-order valence-corrected chi connectivity index (χ0v) is 9.41. The van der Waals surface area contributed by atoms with Crippen LogP contribution in [0, 0.1) is 17.8 Å². The fourth-order valence-electron chi connectivity index (χ4n) is 1.40. The van der Waals surface area contributed by atoms with E-state index >= 15 is 0 Å². The van der Waals surface area contributed by atoms with Crippen molar-refractivity contribution in [1.29, 1.82) is 0 Å². The van der Waals surface area contributed by atoms with Crippen LogP contribution in [0.5, 0.6) is 0 Å². The number of hydrogen-bond donors (Lipinski definition) is 1. The summed E-state index contributed by atoms with van der Waals surface area (Å²) in [5, 5.41) is 8.62. The number of carbonyl (C=O) groups excluding carboxylic acids is 2. The Hall–Kier alpha value is -0.700. The molecule has 0 spiro atoms. The highest BCUT2D eigenvalue weighted by Crippen LogP contribution is 2.20. The van der Waals surface area contributed by atoms with Gasteiger partial charge in [0.05, 0.1) is 0 Å². The Bertz CT molecular complexity index is 207. The molecule has 1 N–H and O–H groups in total. The minimum Gasteiger partial charge on any atom is -0.389 e. The molecule has 3 heteroatoms. The first-order valence-electron chi connectivity index (χ1n) is 5.06. The zero-order valence-electron chi connectivity index (χ0n) is 9.41. The lowest BCUT2D eigenvalue weighted by Gasteiger charge is -2.20. The molecule has 0 heterocycles. The molecule has 82 valence electrons. The number of Topliss-reactive ketones (excluding diaryl/α,β-unsaturated/α-hetero) is 2. The molecule has 1 unspecified atom stereocenters. The van der Waals surface area contributed by atoms with E-state index in [2.05, 4.69) is 0 Å². The molecule has 0 amide bonds. The molecule has 0 aliphatic heterocycles. The van der Waals surface area contributed by atoms with Crippen LogP contribution in [-0.4, -0.2) is 23.3 Å². The Morgan fingerprint density at radius 3 is 1.93 bits per heavy atom. The molecule has 0 aromatic carbocycles. The van der Waals surface area contributed by atoms with Gasteiger partial charge < -0.3 is 5.11 Å². The van der Waals surface area contributed by atoms with Gasteiger partial charge >= 0.3 is 0 Å². The van der Waals surface area contributed by atoms with Crippen molar-refractivity contribution in [3.8, 4) is 0 Å². The van der Waals surface area contributed by atoms with Crippen LogP contribution in [0.4, 0.5) is 0 Å². The molecule has 0 bridgehead atoms. The number of rotatable bonds is 6. The van der Waals surface area contributed by atoms with Gasteiger partial charge in [-0.3, -0.25) is 9.59 Å². The molecule has 1 atom stereocenters. The zero-order chi connectivity index (χ0) is 11.3. The van der Waals surface area contributed by atoms with E-state index in [1.54, 1.807) is 0 Å². The first kappa shape index (κ1) is 13.3. The molecule has 0 aromatic rings. The molecule has 0 saturated carbocycles. The van der Waals surface area contributed by atoms with Crippen molar-refractivity contribution in [1.82, 2.24) is 0 Å². The minimum atomic E-state index is -0.464. The molecule has 0 aromatic heterocycles. The van der Waals surface area contributed by atoms with E-state index in [0.717, 1.165) is 0 Å². The summed E-state index contributed by atoms with van der Waals surface area (Å²) < 4.78 is 0. The molecular weight excluding hydrogens is 180 g/mol. The number of carbonyl (C=O) groups is 2. The third-order valence-corrected chi connectivity index (χ3v) is 2.36. The summed E-state index contributed by atoms with van der Waals surface area (Å²) in [4.78, 5) is 22.8. The van der Waals surface area contributed by atoms with Crippen molar-refractivity contribution >= 4 is 11.6 Å². The SMILES string of the molecule is CC(C)C(=O)C(CC(=O)CO)C(C)C. The number of hydrogen-bond acceptors (Lipinski definition) is 3. The minimum absolute atomic E-state index is 0.0473. The highest BCUT2D eigenvalue weighted by Gasteiger charge is 2.26. The van der Waals surface area contributed by atoms with Crippen molar-refractivity contribution in [2.24, 2.45) is 17.8 Å². The molecule has 3 nitrogen and oxygen atoms in total. The van der Waals surface area contributed by atoms with Gasteiger partial charge in [0.25, 0.3) is 0 Å². The maximum absolute atomic E-state index is 11.7. The van der Waals surface area contributed by atoms with E-state index in [1.807, 2.05) is 27.7 Å². The fourth-order valence-corrected chi connectivity index (χ4v) is 1.40. The first-order chi connectivity index (χ1) is 6.40. The van der Waals surface area contributed by atoms with Gasteiger partial charge in [-0.05, 0) is 5.92 Å². The maximum Gasteiger partial charge on any atom is 0.158 e. The predicted molar refractivity (Wildman–Crippen MR) is 54.9 cm³/mol. The van der Waals surface area contributed by atoms with Crippen molar-refractivity contribution < 1.29 is 14.7 Å². The average molecular weight is 200 g/mol. The monoisotopic (exact) mass is 200 g/mol. The summed E-state index contributed by atoms with van der Waals surface area (Å²) >= 11 is 0. The normalized spacial score (nSPS) is 13.4. The smallest absolute Gasteiger partial charge is 0.158 e. The summed E-state index contributed by atoms with van der Waals surface area (Å²) in [5.74, 6) is -0.275. The van der Waals surface area contributed by atoms with Gasteiger partial charge in [0, 0.05) is 18.3 Å². The topological polar surface area (TPSA) is 54.4 Å². The molecule has 0 saturated heterocycles. The van der Waals surface area contributed by atoms with Crippen LogP contribution in [-0.2, 0) is 9.59 Å². The van der Waals surface area contributed by atoms with E-state index in [9.17, 15) is 9.59 Å². The summed E-state index contributed by atoms with van der Waals surface area (Å²) in [6.45, 7) is 7.06. The Kier molecular flexibility index (Phi) is 5.62. The summed E-state index contributed by atoms with van der Waals surface area (Å²) in [5.41, 5.74) is 0. The largest absolute Gasteiger partial charge is 0.389 e. The first-order valence-corrected chi connectivity index (χ1v) is 5.06. The van der Waals surface area contributed by atoms with Crippen LogP contribution in [0.25, 0.3) is 0 Å². The fraction of sp³-hybridized carbons (Fsp3) is 0.818. The predicted octanol–water partition coefficient (Wildman–Crippen LogP) is 1.44. The van der Waals surface area contributed by atoms with Gasteiger partial charge in [-0.15, -0.1) is 0 Å². The van der Waals surface area contributed by atoms with E-state index in [4.69, 9.17) is 5.11 Å². The molecule has 14 heavy (non-hydrogen) atoms. The van der Waals surface area contributed by atoms with Gasteiger partial charge in [0.2, 0.25) is 0 Å². The van der Waals surface area contributed by atoms with Gasteiger partial charge in [-0.25, -0.2) is 0 Å². The molecule has 0 fully saturated rings. The Labute approximate surface area is 85.5 Å². The van der Waals surface area contributed by atoms with Crippen molar-refractivity contribution in [3.05, 3.63) is 0 Å². The van der Waals surface area contributed by atoms with Crippen LogP contribution < -0.4 is 0 Å². The summed E-state index contributed by atoms with van der Waals surface area (Å²) in [6.07, 6.45) is 0.172. The third-order valence-electron chi connectivity index (χ3n) is 2.36. The van der Waals surface area contributed by atoms with E-state index in [0.29, 0.717) is 0 Å². The average Bonchev–Trinajstić information content (AvgIpc) is 2.11. The van der Waals surface area contributed by atoms with Gasteiger partial charge in [-0.2, -0.15) is 0 Å². The molecule has 0 radical (unpaired) electrons. The van der Waals surface area contributed by atoms with E-state index in [-0.39, 0.29) is 35.7 Å². The van der Waals surface area contributed by atoms with Crippen LogP contribution in [0.1, 0.15) is 34.1 Å². The number of aliphatic hydroxyl groups is 1. The quantitative estimate of drug-likeness (QED) is 0.705. The van der Waals surface area contributed by atoms with Crippen molar-refractivity contribution in [2.75, 3.05) is 6.61 Å². The van der Waals surface area contributed by atoms with Crippen LogP contribution in [0.2, 0.25) is 0 Å². The lowest BCUT2D eigenvalue weighted by molar-refractivity contribution is -0.132. The van der Waals surface area contributed by atoms with Gasteiger partial charge in [0.15, 0.2) is 5.78 Å². The maximum atomic E-state index is 11.7. The second kappa shape index (κ2) is 5.91. The Balaban J connectivity index is 4.45. The lowest BCUT2D eigenvalue weighted by atomic mass is 9.83. The second-order valence-corrected chi connectivity index (χ2v) is 4.31. The van der Waals surface area contributed by atoms with Crippen molar-refractivity contribution in [2.45, 2.75) is 34.1 Å². The highest BCUT2D eigenvalue weighted by atomic mass is 16.3.